The first kappa shape index (κ1) is 48.2. The van der Waals surface area contributed by atoms with Crippen LogP contribution in [0, 0.1) is 67.6 Å². The van der Waals surface area contributed by atoms with Gasteiger partial charge in [0.05, 0.1) is 31.3 Å². The second-order valence-corrected chi connectivity index (χ2v) is 17.7. The molecule has 0 saturated heterocycles. The Balaban J connectivity index is 0.000000194. The molecule has 4 heterocycles. The number of nitriles is 2. The minimum absolute atomic E-state index is 0. The maximum Gasteiger partial charge on any atom is 0.241 e. The number of benzene rings is 6. The van der Waals surface area contributed by atoms with Gasteiger partial charge >= 0.3 is 0 Å². The van der Waals surface area contributed by atoms with Crippen LogP contribution < -0.4 is 4.57 Å². The van der Waals surface area contributed by atoms with Crippen LogP contribution in [-0.4, -0.2) is 14.5 Å². The minimum atomic E-state index is 0. The molecule has 0 bridgehead atoms. The van der Waals surface area contributed by atoms with Gasteiger partial charge in [0.1, 0.15) is 5.58 Å². The van der Waals surface area contributed by atoms with Crippen LogP contribution >= 0.6 is 0 Å². The van der Waals surface area contributed by atoms with Crippen molar-refractivity contribution in [2.24, 2.45) is 7.05 Å². The van der Waals surface area contributed by atoms with E-state index in [1.165, 1.54) is 27.8 Å². The van der Waals surface area contributed by atoms with E-state index >= 15 is 0 Å². The van der Waals surface area contributed by atoms with Gasteiger partial charge in [0.15, 0.2) is 5.69 Å². The molecule has 8 nitrogen and oxygen atoms in total. The predicted molar refractivity (Wildman–Crippen MR) is 272 cm³/mol. The molecular weight excluding hydrogens is 1040 g/mol. The number of fused-ring (bicyclic) bond motifs is 3. The molecule has 6 aromatic carbocycles. The first-order valence-electron chi connectivity index (χ1n) is 22.7. The maximum absolute atomic E-state index is 9.53. The van der Waals surface area contributed by atoms with E-state index in [2.05, 4.69) is 136 Å². The smallest absolute Gasteiger partial charge is 0.241 e. The van der Waals surface area contributed by atoms with Crippen molar-refractivity contribution in [2.45, 2.75) is 53.4 Å². The Hall–Kier alpha value is -8.25. The molecular formula is C61H46IrN7O-3. The van der Waals surface area contributed by atoms with Crippen LogP contribution in [0.5, 0.6) is 0 Å². The number of rotatable bonds is 8. The molecule has 1 radical (unpaired) electrons. The van der Waals surface area contributed by atoms with E-state index in [0.717, 1.165) is 72.5 Å². The summed E-state index contributed by atoms with van der Waals surface area (Å²) in [5, 5.41) is 21.0. The molecule has 4 aromatic heterocycles. The molecule has 10 aromatic rings. The van der Waals surface area contributed by atoms with Gasteiger partial charge < -0.3 is 23.5 Å². The van der Waals surface area contributed by atoms with Crippen LogP contribution in [0.4, 0.5) is 5.69 Å². The van der Waals surface area contributed by atoms with Gasteiger partial charge in [-0.2, -0.15) is 10.5 Å². The minimum Gasteiger partial charge on any atom is -0.502 e. The Morgan fingerprint density at radius 3 is 1.91 bits per heavy atom. The fourth-order valence-electron chi connectivity index (χ4n) is 8.52. The molecule has 343 valence electrons. The SMILES string of the molecule is CC(C)c1cc(-c2ccccc2)cc(C(C)C)c1-c1cc(-c2[c-]ccc(C#N)c2)nc(-c2[c-]ccc(C#N)c2)c1.[C-]#[N+]c1ccc2c(c1)oc1c(-c3cc(C)c(C)cn3)[c-]c(-n3[c-][n+](C)cc3)cc12.[Ir]. The van der Waals surface area contributed by atoms with Gasteiger partial charge in [-0.05, 0) is 105 Å². The van der Waals surface area contributed by atoms with Gasteiger partial charge in [0.2, 0.25) is 6.33 Å². The number of furan rings is 1. The third-order valence-electron chi connectivity index (χ3n) is 12.3. The number of aryl methyl sites for hydroxylation is 3. The summed E-state index contributed by atoms with van der Waals surface area (Å²) in [4.78, 5) is 13.1. The average Bonchev–Trinajstić information content (AvgIpc) is 3.99. The van der Waals surface area contributed by atoms with Gasteiger partial charge in [0, 0.05) is 44.1 Å². The molecule has 0 amide bonds. The number of nitrogens with zero attached hydrogens (tertiary/aromatic N) is 7. The zero-order valence-corrected chi connectivity index (χ0v) is 42.2. The first-order valence-corrected chi connectivity index (χ1v) is 22.7. The Morgan fingerprint density at radius 1 is 0.714 bits per heavy atom. The van der Waals surface area contributed by atoms with E-state index < -0.39 is 0 Å². The van der Waals surface area contributed by atoms with Crippen molar-refractivity contribution in [3.63, 3.8) is 0 Å². The van der Waals surface area contributed by atoms with E-state index in [9.17, 15) is 10.5 Å². The van der Waals surface area contributed by atoms with Crippen molar-refractivity contribution in [1.82, 2.24) is 14.5 Å². The van der Waals surface area contributed by atoms with Gasteiger partial charge in [-0.3, -0.25) is 0 Å². The molecule has 0 spiro atoms. The van der Waals surface area contributed by atoms with Crippen molar-refractivity contribution in [1.29, 1.82) is 10.5 Å². The maximum atomic E-state index is 9.53. The van der Waals surface area contributed by atoms with Crippen LogP contribution in [0.2, 0.25) is 0 Å². The molecule has 0 aliphatic carbocycles. The summed E-state index contributed by atoms with van der Waals surface area (Å²) >= 11 is 0. The quantitative estimate of drug-likeness (QED) is 0.111. The second-order valence-electron chi connectivity index (χ2n) is 17.7. The molecule has 70 heavy (non-hydrogen) atoms. The number of imidazole rings is 1. The fourth-order valence-corrected chi connectivity index (χ4v) is 8.52. The third-order valence-corrected chi connectivity index (χ3v) is 12.3. The molecule has 0 aliphatic heterocycles. The van der Waals surface area contributed by atoms with Crippen molar-refractivity contribution < 1.29 is 29.1 Å². The predicted octanol–water partition coefficient (Wildman–Crippen LogP) is 14.4. The summed E-state index contributed by atoms with van der Waals surface area (Å²) in [6.07, 6.45) is 8.97. The zero-order valence-electron chi connectivity index (χ0n) is 39.8. The van der Waals surface area contributed by atoms with E-state index in [1.54, 1.807) is 30.3 Å². The molecule has 9 heteroatoms. The van der Waals surface area contributed by atoms with Gasteiger partial charge in [-0.1, -0.05) is 117 Å². The summed E-state index contributed by atoms with van der Waals surface area (Å²) in [5.74, 6) is 0.552. The third kappa shape index (κ3) is 9.84. The summed E-state index contributed by atoms with van der Waals surface area (Å²) in [7, 11) is 1.93. The van der Waals surface area contributed by atoms with Crippen molar-refractivity contribution in [2.75, 3.05) is 0 Å². The van der Waals surface area contributed by atoms with E-state index in [4.69, 9.17) is 16.0 Å². The molecule has 0 N–H and O–H groups in total. The monoisotopic (exact) mass is 1090 g/mol. The summed E-state index contributed by atoms with van der Waals surface area (Å²) < 4.78 is 9.97. The normalized spacial score (nSPS) is 10.9. The molecule has 10 rings (SSSR count). The molecule has 0 saturated carbocycles. The topological polar surface area (TPSA) is 99.7 Å². The number of hydrogen-bond donors (Lipinski definition) is 0. The zero-order chi connectivity index (χ0) is 48.3. The van der Waals surface area contributed by atoms with E-state index in [0.29, 0.717) is 22.4 Å². The number of hydrogen-bond acceptors (Lipinski definition) is 5. The van der Waals surface area contributed by atoms with Crippen LogP contribution in [0.3, 0.4) is 0 Å². The number of aromatic nitrogens is 4. The van der Waals surface area contributed by atoms with Crippen LogP contribution in [-0.2, 0) is 27.2 Å². The standard InChI is InChI=1S/C37H29N3.C24H17N4O.Ir/c1-24(2)33-18-31(28-12-6-5-7-13-28)19-34(25(3)4)37(33)32-20-35(29-14-8-10-26(16-29)22-38)40-36(21-32)30-15-9-11-27(17-30)23-39;1-15-9-22(26-13-16(15)2)21-12-18(28-8-7-27(4)14-28)11-20-19-6-5-17(25-3)10-23(19)29-24(20)21;/h5-13,16-21,24-25H,1-4H3;5-11,13H,1-2,4H3;/q-2;-1;. The van der Waals surface area contributed by atoms with Crippen LogP contribution in [0.15, 0.2) is 144 Å². The summed E-state index contributed by atoms with van der Waals surface area (Å²) in [6.45, 7) is 20.3. The van der Waals surface area contributed by atoms with Crippen LogP contribution in [0.25, 0.3) is 88.5 Å². The Kier molecular flexibility index (Phi) is 14.1. The van der Waals surface area contributed by atoms with Crippen molar-refractivity contribution >= 4 is 27.6 Å². The van der Waals surface area contributed by atoms with Gasteiger partial charge in [0.25, 0.3) is 0 Å². The second kappa shape index (κ2) is 20.5. The van der Waals surface area contributed by atoms with Gasteiger partial charge in [-0.15, -0.1) is 71.8 Å². The molecule has 0 fully saturated rings. The molecule has 0 unspecified atom stereocenters. The molecule has 0 atom stereocenters. The Labute approximate surface area is 423 Å². The fraction of sp³-hybridized carbons (Fsp3) is 0.148. The summed E-state index contributed by atoms with van der Waals surface area (Å²) in [5.41, 5.74) is 17.9. The van der Waals surface area contributed by atoms with Crippen molar-refractivity contribution in [3.8, 4) is 73.9 Å². The van der Waals surface area contributed by atoms with E-state index in [1.807, 2.05) is 78.1 Å². The summed E-state index contributed by atoms with van der Waals surface area (Å²) in [6, 6.07) is 54.1. The molecule has 0 aliphatic rings. The average molecular weight is 1090 g/mol. The Bertz CT molecular complexity index is 3610. The largest absolute Gasteiger partial charge is 0.502 e. The number of pyridine rings is 2. The Morgan fingerprint density at radius 2 is 1.36 bits per heavy atom. The van der Waals surface area contributed by atoms with E-state index in [-0.39, 0.29) is 31.9 Å². The van der Waals surface area contributed by atoms with Gasteiger partial charge in [-0.25, -0.2) is 4.85 Å². The van der Waals surface area contributed by atoms with Crippen LogP contribution in [0.1, 0.15) is 72.9 Å². The first-order chi connectivity index (χ1) is 33.4. The van der Waals surface area contributed by atoms with Crippen molar-refractivity contribution in [3.05, 3.63) is 209 Å².